The average Bonchev–Trinajstić information content (AvgIpc) is 2.18. The number of ether oxygens (including phenoxy) is 2. The highest BCUT2D eigenvalue weighted by Gasteiger charge is 2.26. The topological polar surface area (TPSA) is 30.5 Å². The molecule has 1 aliphatic rings. The molecule has 0 aromatic rings. The molecule has 3 heteroatoms. The molecule has 0 aliphatic carbocycles. The molecule has 0 aromatic heterocycles. The molecule has 0 saturated carbocycles. The molecule has 1 N–H and O–H groups in total. The number of hydrogen-bond donors (Lipinski definition) is 1. The van der Waals surface area contributed by atoms with E-state index in [1.54, 1.807) is 7.11 Å². The third kappa shape index (κ3) is 4.49. The van der Waals surface area contributed by atoms with Crippen LogP contribution in [0.5, 0.6) is 0 Å². The van der Waals surface area contributed by atoms with Crippen molar-refractivity contribution in [3.63, 3.8) is 0 Å². The zero-order chi connectivity index (χ0) is 11.3. The normalized spacial score (nSPS) is 21.6. The lowest BCUT2D eigenvalue weighted by molar-refractivity contribution is 0.0458. The van der Waals surface area contributed by atoms with Gasteiger partial charge in [-0.15, -0.1) is 0 Å². The lowest BCUT2D eigenvalue weighted by Gasteiger charge is -2.35. The van der Waals surface area contributed by atoms with Crippen molar-refractivity contribution in [1.82, 2.24) is 5.32 Å². The van der Waals surface area contributed by atoms with E-state index in [9.17, 15) is 0 Å². The van der Waals surface area contributed by atoms with Gasteiger partial charge in [-0.05, 0) is 39.5 Å². The summed E-state index contributed by atoms with van der Waals surface area (Å²) >= 11 is 0. The number of rotatable bonds is 5. The maximum absolute atomic E-state index is 5.38. The number of methoxy groups -OCH3 is 1. The Labute approximate surface area is 93.5 Å². The molecule has 0 amide bonds. The fourth-order valence-corrected chi connectivity index (χ4v) is 2.35. The highest BCUT2D eigenvalue weighted by molar-refractivity contribution is 4.84. The molecule has 1 atom stereocenters. The van der Waals surface area contributed by atoms with Crippen LogP contribution < -0.4 is 5.32 Å². The van der Waals surface area contributed by atoms with Crippen LogP contribution in [0.1, 0.15) is 33.6 Å². The first-order valence-corrected chi connectivity index (χ1v) is 5.89. The number of hydrogen-bond acceptors (Lipinski definition) is 3. The molecule has 1 saturated heterocycles. The van der Waals surface area contributed by atoms with Crippen LogP contribution in [-0.2, 0) is 9.47 Å². The molecule has 15 heavy (non-hydrogen) atoms. The summed E-state index contributed by atoms with van der Waals surface area (Å²) in [6, 6.07) is 0.541. The standard InChI is InChI=1S/C12H25NO2/c1-10(11-5-7-15-8-6-11)13-12(2,3)9-14-4/h10-11,13H,5-9H2,1-4H3. The summed E-state index contributed by atoms with van der Waals surface area (Å²) < 4.78 is 10.6. The van der Waals surface area contributed by atoms with Gasteiger partial charge in [0.15, 0.2) is 0 Å². The first kappa shape index (κ1) is 12.9. The lowest BCUT2D eigenvalue weighted by atomic mass is 9.91. The van der Waals surface area contributed by atoms with Crippen LogP contribution in [0, 0.1) is 5.92 Å². The van der Waals surface area contributed by atoms with Crippen LogP contribution in [0.15, 0.2) is 0 Å². The van der Waals surface area contributed by atoms with E-state index in [1.807, 2.05) is 0 Å². The molecule has 0 spiro atoms. The van der Waals surface area contributed by atoms with Gasteiger partial charge in [0, 0.05) is 31.9 Å². The van der Waals surface area contributed by atoms with Gasteiger partial charge in [0.2, 0.25) is 0 Å². The van der Waals surface area contributed by atoms with E-state index in [0.29, 0.717) is 6.04 Å². The Morgan fingerprint density at radius 1 is 1.40 bits per heavy atom. The Morgan fingerprint density at radius 3 is 2.53 bits per heavy atom. The predicted octanol–water partition coefficient (Wildman–Crippen LogP) is 1.82. The van der Waals surface area contributed by atoms with Crippen LogP contribution in [0.4, 0.5) is 0 Å². The van der Waals surface area contributed by atoms with Gasteiger partial charge in [-0.3, -0.25) is 0 Å². The Balaban J connectivity index is 2.35. The summed E-state index contributed by atoms with van der Waals surface area (Å²) in [4.78, 5) is 0. The Morgan fingerprint density at radius 2 is 2.00 bits per heavy atom. The van der Waals surface area contributed by atoms with E-state index < -0.39 is 0 Å². The lowest BCUT2D eigenvalue weighted by Crippen LogP contribution is -2.51. The molecular formula is C12H25NO2. The second-order valence-electron chi connectivity index (χ2n) is 5.20. The minimum atomic E-state index is 0.0620. The minimum Gasteiger partial charge on any atom is -0.383 e. The molecule has 0 bridgehead atoms. The van der Waals surface area contributed by atoms with E-state index in [0.717, 1.165) is 25.7 Å². The summed E-state index contributed by atoms with van der Waals surface area (Å²) in [6.07, 6.45) is 2.36. The van der Waals surface area contributed by atoms with E-state index in [2.05, 4.69) is 26.1 Å². The Hall–Kier alpha value is -0.120. The summed E-state index contributed by atoms with van der Waals surface area (Å²) in [5.74, 6) is 0.745. The van der Waals surface area contributed by atoms with Crippen molar-refractivity contribution in [3.05, 3.63) is 0 Å². The highest BCUT2D eigenvalue weighted by atomic mass is 16.5. The quantitative estimate of drug-likeness (QED) is 0.759. The van der Waals surface area contributed by atoms with Crippen molar-refractivity contribution in [2.24, 2.45) is 5.92 Å². The second-order valence-corrected chi connectivity index (χ2v) is 5.20. The summed E-state index contributed by atoms with van der Waals surface area (Å²) in [6.45, 7) is 9.23. The fourth-order valence-electron chi connectivity index (χ4n) is 2.35. The largest absolute Gasteiger partial charge is 0.383 e. The Kier molecular flexibility index (Phi) is 5.03. The monoisotopic (exact) mass is 215 g/mol. The molecular weight excluding hydrogens is 190 g/mol. The van der Waals surface area contributed by atoms with E-state index in [-0.39, 0.29) is 5.54 Å². The summed E-state index contributed by atoms with van der Waals surface area (Å²) in [7, 11) is 1.75. The van der Waals surface area contributed by atoms with Gasteiger partial charge in [-0.1, -0.05) is 0 Å². The molecule has 0 aromatic carbocycles. The van der Waals surface area contributed by atoms with Crippen LogP contribution in [-0.4, -0.2) is 38.5 Å². The highest BCUT2D eigenvalue weighted by Crippen LogP contribution is 2.20. The summed E-state index contributed by atoms with van der Waals surface area (Å²) in [5, 5.41) is 3.65. The van der Waals surface area contributed by atoms with Gasteiger partial charge in [0.1, 0.15) is 0 Å². The van der Waals surface area contributed by atoms with Crippen LogP contribution >= 0.6 is 0 Å². The van der Waals surface area contributed by atoms with E-state index >= 15 is 0 Å². The van der Waals surface area contributed by atoms with Crippen molar-refractivity contribution in [1.29, 1.82) is 0 Å². The van der Waals surface area contributed by atoms with Crippen LogP contribution in [0.3, 0.4) is 0 Å². The maximum Gasteiger partial charge on any atom is 0.0639 e. The average molecular weight is 215 g/mol. The minimum absolute atomic E-state index is 0.0620. The molecule has 1 rings (SSSR count). The van der Waals surface area contributed by atoms with Gasteiger partial charge >= 0.3 is 0 Å². The first-order chi connectivity index (χ1) is 7.05. The molecule has 90 valence electrons. The van der Waals surface area contributed by atoms with Crippen molar-refractivity contribution in [2.75, 3.05) is 26.9 Å². The van der Waals surface area contributed by atoms with Crippen molar-refractivity contribution < 1.29 is 9.47 Å². The molecule has 1 fully saturated rings. The zero-order valence-electron chi connectivity index (χ0n) is 10.5. The van der Waals surface area contributed by atoms with Crippen LogP contribution in [0.25, 0.3) is 0 Å². The molecule has 0 radical (unpaired) electrons. The van der Waals surface area contributed by atoms with Gasteiger partial charge in [0.25, 0.3) is 0 Å². The third-order valence-corrected chi connectivity index (χ3v) is 3.10. The zero-order valence-corrected chi connectivity index (χ0v) is 10.5. The van der Waals surface area contributed by atoms with Gasteiger partial charge in [-0.25, -0.2) is 0 Å². The summed E-state index contributed by atoms with van der Waals surface area (Å²) in [5.41, 5.74) is 0.0620. The smallest absolute Gasteiger partial charge is 0.0639 e. The van der Waals surface area contributed by atoms with Gasteiger partial charge in [-0.2, -0.15) is 0 Å². The van der Waals surface area contributed by atoms with Crippen molar-refractivity contribution in [3.8, 4) is 0 Å². The molecule has 3 nitrogen and oxygen atoms in total. The van der Waals surface area contributed by atoms with E-state index in [4.69, 9.17) is 9.47 Å². The Bertz CT molecular complexity index is 176. The number of nitrogens with one attached hydrogen (secondary N) is 1. The van der Waals surface area contributed by atoms with Crippen molar-refractivity contribution >= 4 is 0 Å². The fraction of sp³-hybridized carbons (Fsp3) is 1.00. The first-order valence-electron chi connectivity index (χ1n) is 5.89. The van der Waals surface area contributed by atoms with Gasteiger partial charge in [0.05, 0.1) is 6.61 Å². The van der Waals surface area contributed by atoms with Crippen LogP contribution in [0.2, 0.25) is 0 Å². The second kappa shape index (κ2) is 5.83. The maximum atomic E-state index is 5.38. The molecule has 1 heterocycles. The molecule has 1 unspecified atom stereocenters. The SMILES string of the molecule is COCC(C)(C)NC(C)C1CCOCC1. The van der Waals surface area contributed by atoms with Crippen molar-refractivity contribution in [2.45, 2.75) is 45.2 Å². The predicted molar refractivity (Wildman–Crippen MR) is 62.1 cm³/mol. The van der Waals surface area contributed by atoms with Gasteiger partial charge < -0.3 is 14.8 Å². The molecule has 1 aliphatic heterocycles. The van der Waals surface area contributed by atoms with E-state index in [1.165, 1.54) is 12.8 Å². The third-order valence-electron chi connectivity index (χ3n) is 3.10.